The maximum Gasteiger partial charge on any atom is 0.256 e. The van der Waals surface area contributed by atoms with Crippen LogP contribution in [0, 0.1) is 5.82 Å². The molecule has 1 unspecified atom stereocenters. The van der Waals surface area contributed by atoms with E-state index in [2.05, 4.69) is 10.4 Å². The summed E-state index contributed by atoms with van der Waals surface area (Å²) in [7, 11) is 5.59. The van der Waals surface area contributed by atoms with Crippen molar-refractivity contribution in [3.63, 3.8) is 0 Å². The lowest BCUT2D eigenvalue weighted by atomic mass is 10.1. The van der Waals surface area contributed by atoms with Crippen molar-refractivity contribution in [3.8, 4) is 5.82 Å². The number of halogens is 1. The van der Waals surface area contributed by atoms with E-state index < -0.39 is 0 Å². The third-order valence-electron chi connectivity index (χ3n) is 4.31. The van der Waals surface area contributed by atoms with Gasteiger partial charge in [-0.3, -0.25) is 9.48 Å². The molecule has 7 heteroatoms. The summed E-state index contributed by atoms with van der Waals surface area (Å²) in [6, 6.07) is 10.1. The molecule has 3 aromatic rings. The van der Waals surface area contributed by atoms with Gasteiger partial charge in [0, 0.05) is 26.0 Å². The Morgan fingerprint density at radius 2 is 2.00 bits per heavy atom. The minimum atomic E-state index is -0.289. The van der Waals surface area contributed by atoms with Gasteiger partial charge in [0.15, 0.2) is 0 Å². The Labute approximate surface area is 151 Å². The Kier molecular flexibility index (Phi) is 5.18. The molecule has 0 aliphatic rings. The van der Waals surface area contributed by atoms with Gasteiger partial charge in [-0.2, -0.15) is 5.10 Å². The number of likely N-dealkylation sites (N-methyl/N-ethyl adjacent to an activating group) is 1. The zero-order valence-electron chi connectivity index (χ0n) is 15.1. The molecule has 0 bridgehead atoms. The van der Waals surface area contributed by atoms with E-state index in [1.807, 2.05) is 54.2 Å². The molecule has 6 nitrogen and oxygen atoms in total. The van der Waals surface area contributed by atoms with Crippen molar-refractivity contribution in [1.29, 1.82) is 0 Å². The third-order valence-corrected chi connectivity index (χ3v) is 4.31. The first-order valence-electron chi connectivity index (χ1n) is 8.33. The van der Waals surface area contributed by atoms with Crippen molar-refractivity contribution >= 4 is 5.91 Å². The minimum absolute atomic E-state index is 0.138. The second-order valence-electron chi connectivity index (χ2n) is 6.34. The van der Waals surface area contributed by atoms with Gasteiger partial charge in [0.05, 0.1) is 12.2 Å². The van der Waals surface area contributed by atoms with Crippen LogP contribution >= 0.6 is 0 Å². The van der Waals surface area contributed by atoms with E-state index in [0.29, 0.717) is 17.9 Å². The Morgan fingerprint density at radius 1 is 1.27 bits per heavy atom. The summed E-state index contributed by atoms with van der Waals surface area (Å²) in [6.45, 7) is 0.356. The van der Waals surface area contributed by atoms with Crippen molar-refractivity contribution in [1.82, 2.24) is 24.6 Å². The van der Waals surface area contributed by atoms with Gasteiger partial charge in [-0.1, -0.05) is 12.1 Å². The molecule has 0 spiro atoms. The molecule has 0 fully saturated rings. The van der Waals surface area contributed by atoms with Crippen LogP contribution in [0.3, 0.4) is 0 Å². The van der Waals surface area contributed by atoms with Crippen LogP contribution in [-0.2, 0) is 7.05 Å². The molecule has 0 aliphatic carbocycles. The molecular weight excluding hydrogens is 333 g/mol. The monoisotopic (exact) mass is 355 g/mol. The number of hydrogen-bond acceptors (Lipinski definition) is 3. The second kappa shape index (κ2) is 7.53. The lowest BCUT2D eigenvalue weighted by Gasteiger charge is -2.25. The summed E-state index contributed by atoms with van der Waals surface area (Å²) in [5.74, 6) is 0.188. The lowest BCUT2D eigenvalue weighted by molar-refractivity contribution is 0.0942. The predicted octanol–water partition coefficient (Wildman–Crippen LogP) is 2.38. The van der Waals surface area contributed by atoms with Crippen molar-refractivity contribution in [2.75, 3.05) is 20.6 Å². The topological polar surface area (TPSA) is 55.1 Å². The number of aromatic nitrogens is 3. The van der Waals surface area contributed by atoms with Crippen LogP contribution in [0.5, 0.6) is 0 Å². The molecule has 1 atom stereocenters. The number of benzene rings is 1. The standard InChI is InChI=1S/C19H22FN5O/c1-23(2)17(14-7-6-8-15(20)11-14)13-21-18(26)16-12-22-24(3)19(16)25-9-4-5-10-25/h4-12,17H,13H2,1-3H3,(H,21,26). The molecular formula is C19H22FN5O. The Hall–Kier alpha value is -2.93. The molecule has 1 amide bonds. The average Bonchev–Trinajstić information content (AvgIpc) is 3.23. The van der Waals surface area contributed by atoms with Crippen LogP contribution in [0.4, 0.5) is 4.39 Å². The molecule has 0 saturated carbocycles. The summed E-state index contributed by atoms with van der Waals surface area (Å²) in [6.07, 6.45) is 5.28. The first-order chi connectivity index (χ1) is 12.5. The van der Waals surface area contributed by atoms with E-state index in [-0.39, 0.29) is 17.8 Å². The van der Waals surface area contributed by atoms with E-state index in [1.165, 1.54) is 12.1 Å². The predicted molar refractivity (Wildman–Crippen MR) is 97.7 cm³/mol. The number of nitrogens with zero attached hydrogens (tertiary/aromatic N) is 4. The first-order valence-corrected chi connectivity index (χ1v) is 8.33. The zero-order valence-corrected chi connectivity index (χ0v) is 15.1. The Bertz CT molecular complexity index is 885. The number of rotatable bonds is 6. The molecule has 0 radical (unpaired) electrons. The molecule has 1 aromatic carbocycles. The quantitative estimate of drug-likeness (QED) is 0.739. The maximum absolute atomic E-state index is 13.5. The van der Waals surface area contributed by atoms with E-state index in [0.717, 1.165) is 5.56 Å². The molecule has 2 heterocycles. The zero-order chi connectivity index (χ0) is 18.7. The van der Waals surface area contributed by atoms with Gasteiger partial charge in [-0.05, 0) is 43.9 Å². The second-order valence-corrected chi connectivity index (χ2v) is 6.34. The van der Waals surface area contributed by atoms with Crippen molar-refractivity contribution in [3.05, 3.63) is 71.9 Å². The molecule has 26 heavy (non-hydrogen) atoms. The van der Waals surface area contributed by atoms with Crippen LogP contribution < -0.4 is 5.32 Å². The fourth-order valence-electron chi connectivity index (χ4n) is 2.97. The molecule has 2 aromatic heterocycles. The van der Waals surface area contributed by atoms with Crippen molar-refractivity contribution in [2.24, 2.45) is 7.05 Å². The SMILES string of the molecule is CN(C)C(CNC(=O)c1cnn(C)c1-n1cccc1)c1cccc(F)c1. The Balaban J connectivity index is 1.78. The van der Waals surface area contributed by atoms with Gasteiger partial charge in [0.2, 0.25) is 0 Å². The molecule has 0 aliphatic heterocycles. The fraction of sp³-hybridized carbons (Fsp3) is 0.263. The fourth-order valence-corrected chi connectivity index (χ4v) is 2.97. The average molecular weight is 355 g/mol. The van der Waals surface area contributed by atoms with Gasteiger partial charge in [0.25, 0.3) is 5.91 Å². The smallest absolute Gasteiger partial charge is 0.256 e. The first kappa shape index (κ1) is 17.9. The van der Waals surface area contributed by atoms with Crippen molar-refractivity contribution < 1.29 is 9.18 Å². The number of carbonyl (C=O) groups excluding carboxylic acids is 1. The summed E-state index contributed by atoms with van der Waals surface area (Å²) in [5.41, 5.74) is 1.30. The molecule has 1 N–H and O–H groups in total. The highest BCUT2D eigenvalue weighted by atomic mass is 19.1. The van der Waals surface area contributed by atoms with E-state index in [9.17, 15) is 9.18 Å². The van der Waals surface area contributed by atoms with Gasteiger partial charge in [-0.15, -0.1) is 0 Å². The molecule has 3 rings (SSSR count). The third kappa shape index (κ3) is 3.67. The van der Waals surface area contributed by atoms with Gasteiger partial charge < -0.3 is 14.8 Å². The highest BCUT2D eigenvalue weighted by Crippen LogP contribution is 2.19. The summed E-state index contributed by atoms with van der Waals surface area (Å²) >= 11 is 0. The van der Waals surface area contributed by atoms with Gasteiger partial charge in [0.1, 0.15) is 17.2 Å². The van der Waals surface area contributed by atoms with E-state index >= 15 is 0 Å². The highest BCUT2D eigenvalue weighted by Gasteiger charge is 2.20. The van der Waals surface area contributed by atoms with E-state index in [1.54, 1.807) is 24.0 Å². The van der Waals surface area contributed by atoms with Crippen LogP contribution in [-0.4, -0.2) is 45.8 Å². The summed E-state index contributed by atoms with van der Waals surface area (Å²) < 4.78 is 17.1. The maximum atomic E-state index is 13.5. The number of hydrogen-bond donors (Lipinski definition) is 1. The number of aryl methyl sites for hydroxylation is 1. The summed E-state index contributed by atoms with van der Waals surface area (Å²) in [4.78, 5) is 14.7. The van der Waals surface area contributed by atoms with Gasteiger partial charge in [-0.25, -0.2) is 4.39 Å². The Morgan fingerprint density at radius 3 is 2.65 bits per heavy atom. The number of carbonyl (C=O) groups is 1. The largest absolute Gasteiger partial charge is 0.350 e. The molecule has 0 saturated heterocycles. The van der Waals surface area contributed by atoms with Gasteiger partial charge >= 0.3 is 0 Å². The van der Waals surface area contributed by atoms with E-state index in [4.69, 9.17) is 0 Å². The minimum Gasteiger partial charge on any atom is -0.350 e. The van der Waals surface area contributed by atoms with Crippen molar-refractivity contribution in [2.45, 2.75) is 6.04 Å². The molecule has 136 valence electrons. The lowest BCUT2D eigenvalue weighted by Crippen LogP contribution is -2.34. The number of nitrogens with one attached hydrogen (secondary N) is 1. The van der Waals surface area contributed by atoms with Crippen LogP contribution in [0.2, 0.25) is 0 Å². The van der Waals surface area contributed by atoms with Crippen LogP contribution in [0.1, 0.15) is 22.0 Å². The number of amides is 1. The summed E-state index contributed by atoms with van der Waals surface area (Å²) in [5, 5.41) is 7.14. The normalized spacial score (nSPS) is 12.3. The highest BCUT2D eigenvalue weighted by molar-refractivity contribution is 5.97. The van der Waals surface area contributed by atoms with Crippen LogP contribution in [0.15, 0.2) is 55.0 Å². The van der Waals surface area contributed by atoms with Crippen LogP contribution in [0.25, 0.3) is 5.82 Å².